The minimum Gasteiger partial charge on any atom is -0.469 e. The van der Waals surface area contributed by atoms with Crippen molar-refractivity contribution in [3.05, 3.63) is 0 Å². The highest BCUT2D eigenvalue weighted by atomic mass is 16.5. The van der Waals surface area contributed by atoms with Crippen molar-refractivity contribution >= 4 is 23.9 Å². The van der Waals surface area contributed by atoms with E-state index >= 15 is 0 Å². The van der Waals surface area contributed by atoms with Crippen LogP contribution >= 0.6 is 0 Å². The average molecular weight is 864 g/mol. The second-order valence-corrected chi connectivity index (χ2v) is 19.9. The lowest BCUT2D eigenvalue weighted by atomic mass is 9.65. The molecule has 1 aliphatic carbocycles. The lowest BCUT2D eigenvalue weighted by Gasteiger charge is -2.40. The third kappa shape index (κ3) is 21.9. The summed E-state index contributed by atoms with van der Waals surface area (Å²) < 4.78 is 23.4. The zero-order valence-corrected chi connectivity index (χ0v) is 41.6. The first-order chi connectivity index (χ1) is 29.1. The summed E-state index contributed by atoms with van der Waals surface area (Å²) in [5.74, 6) is -1.25. The van der Waals surface area contributed by atoms with Gasteiger partial charge in [-0.05, 0) is 118 Å². The van der Waals surface area contributed by atoms with Crippen molar-refractivity contribution in [1.82, 2.24) is 4.90 Å². The molecule has 9 nitrogen and oxygen atoms in total. The van der Waals surface area contributed by atoms with Crippen molar-refractivity contribution in [1.29, 1.82) is 0 Å². The Balaban J connectivity index is 2.87. The predicted octanol–water partition coefficient (Wildman–Crippen LogP) is 13.5. The van der Waals surface area contributed by atoms with E-state index in [2.05, 4.69) is 25.7 Å². The van der Waals surface area contributed by atoms with E-state index < -0.39 is 27.6 Å². The van der Waals surface area contributed by atoms with E-state index in [1.165, 1.54) is 90.6 Å². The van der Waals surface area contributed by atoms with Crippen molar-refractivity contribution in [2.24, 2.45) is 21.7 Å². The van der Waals surface area contributed by atoms with Gasteiger partial charge in [0, 0.05) is 6.54 Å². The Morgan fingerprint density at radius 3 is 1.30 bits per heavy atom. The van der Waals surface area contributed by atoms with E-state index in [-0.39, 0.29) is 30.4 Å². The van der Waals surface area contributed by atoms with Crippen molar-refractivity contribution in [2.45, 2.75) is 248 Å². The van der Waals surface area contributed by atoms with Crippen LogP contribution < -0.4 is 0 Å². The van der Waals surface area contributed by atoms with Crippen molar-refractivity contribution in [3.8, 4) is 0 Å². The third-order valence-corrected chi connectivity index (χ3v) is 14.5. The van der Waals surface area contributed by atoms with Crippen LogP contribution in [0.5, 0.6) is 0 Å². The van der Waals surface area contributed by atoms with Crippen LogP contribution in [0.4, 0.5) is 0 Å². The Morgan fingerprint density at radius 1 is 0.492 bits per heavy atom. The molecule has 4 atom stereocenters. The summed E-state index contributed by atoms with van der Waals surface area (Å²) in [6.45, 7) is 21.2. The van der Waals surface area contributed by atoms with Gasteiger partial charge in [0.25, 0.3) is 0 Å². The molecule has 0 aromatic heterocycles. The number of esters is 4. The smallest absolute Gasteiger partial charge is 0.312 e. The SMILES string of the molecule is CCCCCCCCCCCCCCCCCCOC(=O)C(C)(CC)CCC(C)(CC(C)(CCC(C)(CC)C(=O)OCCN(CC)CC)C(=O)OC)C(=O)OC1CCCCC1. The summed E-state index contributed by atoms with van der Waals surface area (Å²) in [5, 5.41) is 0. The van der Waals surface area contributed by atoms with Gasteiger partial charge in [0.2, 0.25) is 0 Å². The van der Waals surface area contributed by atoms with Gasteiger partial charge in [0.15, 0.2) is 0 Å². The molecular weight excluding hydrogens is 767 g/mol. The fourth-order valence-corrected chi connectivity index (χ4v) is 9.03. The minimum absolute atomic E-state index is 0.151. The van der Waals surface area contributed by atoms with Gasteiger partial charge < -0.3 is 23.8 Å². The molecule has 0 spiro atoms. The van der Waals surface area contributed by atoms with Crippen molar-refractivity contribution < 1.29 is 38.1 Å². The summed E-state index contributed by atoms with van der Waals surface area (Å²) in [6.07, 6.45) is 28.1. The van der Waals surface area contributed by atoms with Crippen LogP contribution in [0, 0.1) is 21.7 Å². The van der Waals surface area contributed by atoms with E-state index in [1.807, 2.05) is 41.5 Å². The lowest BCUT2D eigenvalue weighted by Crippen LogP contribution is -2.43. The molecule has 61 heavy (non-hydrogen) atoms. The van der Waals surface area contributed by atoms with Gasteiger partial charge in [-0.25, -0.2) is 0 Å². The minimum atomic E-state index is -1.09. The molecule has 0 aliphatic heterocycles. The molecule has 9 heteroatoms. The van der Waals surface area contributed by atoms with Crippen LogP contribution in [0.15, 0.2) is 0 Å². The number of ether oxygens (including phenoxy) is 4. The van der Waals surface area contributed by atoms with Crippen molar-refractivity contribution in [3.63, 3.8) is 0 Å². The maximum absolute atomic E-state index is 14.4. The zero-order valence-electron chi connectivity index (χ0n) is 41.6. The number of hydrogen-bond acceptors (Lipinski definition) is 9. The molecule has 0 radical (unpaired) electrons. The normalized spacial score (nSPS) is 17.4. The molecule has 0 saturated heterocycles. The molecule has 0 heterocycles. The summed E-state index contributed by atoms with van der Waals surface area (Å²) in [4.78, 5) is 57.5. The fourth-order valence-electron chi connectivity index (χ4n) is 9.03. The molecule has 0 aromatic carbocycles. The Labute approximate surface area is 375 Å². The second-order valence-electron chi connectivity index (χ2n) is 19.9. The standard InChI is InChI=1S/C52H97NO8/c1-11-16-17-18-19-20-21-22-23-24-25-26-27-28-29-33-41-59-46(55)49(6,12-2)37-39-52(9,48(57)61-44-34-31-30-32-35-44)43-51(8,45(54)58-10)38-36-50(7,13-3)47(56)60-42-40-53(14-4)15-5/h44H,11-43H2,1-10H3. The number of unbranched alkanes of at least 4 members (excludes halogenated alkanes) is 15. The Bertz CT molecular complexity index is 1200. The number of methoxy groups -OCH3 is 1. The summed E-state index contributed by atoms with van der Waals surface area (Å²) in [5.41, 5.74) is -3.78. The van der Waals surface area contributed by atoms with E-state index in [0.717, 1.165) is 64.5 Å². The maximum atomic E-state index is 14.4. The Morgan fingerprint density at radius 2 is 0.885 bits per heavy atom. The Hall–Kier alpha value is -2.16. The molecule has 0 amide bonds. The van der Waals surface area contributed by atoms with Crippen LogP contribution in [0.2, 0.25) is 0 Å². The monoisotopic (exact) mass is 864 g/mol. The molecule has 0 bridgehead atoms. The van der Waals surface area contributed by atoms with Gasteiger partial charge >= 0.3 is 23.9 Å². The molecule has 358 valence electrons. The van der Waals surface area contributed by atoms with E-state index in [0.29, 0.717) is 58.3 Å². The van der Waals surface area contributed by atoms with Gasteiger partial charge in [-0.1, -0.05) is 137 Å². The highest BCUT2D eigenvalue weighted by Gasteiger charge is 2.49. The first-order valence-corrected chi connectivity index (χ1v) is 25.5. The van der Waals surface area contributed by atoms with E-state index in [1.54, 1.807) is 0 Å². The molecule has 1 rings (SSSR count). The number of carbonyl (C=O) groups excluding carboxylic acids is 4. The molecule has 1 saturated carbocycles. The molecule has 0 N–H and O–H groups in total. The van der Waals surface area contributed by atoms with Crippen LogP contribution in [-0.2, 0) is 38.1 Å². The van der Waals surface area contributed by atoms with Crippen LogP contribution in [0.3, 0.4) is 0 Å². The van der Waals surface area contributed by atoms with Crippen LogP contribution in [0.25, 0.3) is 0 Å². The van der Waals surface area contributed by atoms with Crippen molar-refractivity contribution in [2.75, 3.05) is 40.0 Å². The van der Waals surface area contributed by atoms with Crippen LogP contribution in [-0.4, -0.2) is 74.8 Å². The lowest BCUT2D eigenvalue weighted by molar-refractivity contribution is -0.171. The molecule has 0 aromatic rings. The van der Waals surface area contributed by atoms with Gasteiger partial charge in [-0.15, -0.1) is 0 Å². The maximum Gasteiger partial charge on any atom is 0.312 e. The first kappa shape index (κ1) is 56.9. The van der Waals surface area contributed by atoms with Gasteiger partial charge in [0.1, 0.15) is 12.7 Å². The zero-order chi connectivity index (χ0) is 45.6. The summed E-state index contributed by atoms with van der Waals surface area (Å²) in [6, 6.07) is 0. The predicted molar refractivity (Wildman–Crippen MR) is 250 cm³/mol. The number of likely N-dealkylation sites (N-methyl/N-ethyl adjacent to an activating group) is 1. The first-order valence-electron chi connectivity index (χ1n) is 25.5. The highest BCUT2D eigenvalue weighted by molar-refractivity contribution is 5.81. The number of hydrogen-bond donors (Lipinski definition) is 0. The number of carbonyl (C=O) groups is 4. The molecule has 1 fully saturated rings. The van der Waals surface area contributed by atoms with E-state index in [4.69, 9.17) is 18.9 Å². The Kier molecular flexibility index (Phi) is 29.5. The van der Waals surface area contributed by atoms with Gasteiger partial charge in [-0.2, -0.15) is 0 Å². The second kappa shape index (κ2) is 31.6. The molecule has 4 unspecified atom stereocenters. The average Bonchev–Trinajstić information content (AvgIpc) is 3.27. The summed E-state index contributed by atoms with van der Waals surface area (Å²) in [7, 11) is 1.38. The van der Waals surface area contributed by atoms with E-state index in [9.17, 15) is 19.2 Å². The number of rotatable bonds is 37. The third-order valence-electron chi connectivity index (χ3n) is 14.5. The molecule has 1 aliphatic rings. The molecular formula is C52H97NO8. The topological polar surface area (TPSA) is 108 Å². The quantitative estimate of drug-likeness (QED) is 0.0343. The van der Waals surface area contributed by atoms with Crippen LogP contribution in [0.1, 0.15) is 242 Å². The highest BCUT2D eigenvalue weighted by Crippen LogP contribution is 2.47. The fraction of sp³-hybridized carbons (Fsp3) is 0.923. The van der Waals surface area contributed by atoms with Gasteiger partial charge in [-0.3, -0.25) is 19.2 Å². The number of nitrogens with zero attached hydrogens (tertiary/aromatic N) is 1. The largest absolute Gasteiger partial charge is 0.469 e. The van der Waals surface area contributed by atoms with Gasteiger partial charge in [0.05, 0.1) is 35.4 Å². The summed E-state index contributed by atoms with van der Waals surface area (Å²) >= 11 is 0.